The van der Waals surface area contributed by atoms with Gasteiger partial charge in [-0.25, -0.2) is 0 Å². The van der Waals surface area contributed by atoms with Crippen LogP contribution in [0.25, 0.3) is 5.69 Å². The maximum Gasteiger partial charge on any atom is 0.0653 e. The smallest absolute Gasteiger partial charge is 0.0653 e. The van der Waals surface area contributed by atoms with E-state index in [1.807, 2.05) is 29.0 Å². The van der Waals surface area contributed by atoms with E-state index in [0.29, 0.717) is 16.6 Å². The average molecular weight is 255 g/mol. The van der Waals surface area contributed by atoms with Crippen molar-refractivity contribution in [2.75, 3.05) is 6.54 Å². The molecule has 0 aliphatic carbocycles. The molecule has 0 aliphatic heterocycles. The van der Waals surface area contributed by atoms with Crippen molar-refractivity contribution in [3.63, 3.8) is 0 Å². The van der Waals surface area contributed by atoms with Crippen LogP contribution < -0.4 is 5.73 Å². The third kappa shape index (κ3) is 2.24. The number of hydrogen-bond donors (Lipinski definition) is 1. The lowest BCUT2D eigenvalue weighted by molar-refractivity contribution is 0.874. The molecular formula is C12H12Cl2N2. The molecule has 0 atom stereocenters. The molecule has 0 amide bonds. The quantitative estimate of drug-likeness (QED) is 0.896. The zero-order valence-corrected chi connectivity index (χ0v) is 10.2. The van der Waals surface area contributed by atoms with E-state index in [9.17, 15) is 0 Å². The van der Waals surface area contributed by atoms with Gasteiger partial charge in [-0.2, -0.15) is 0 Å². The molecule has 2 aromatic rings. The van der Waals surface area contributed by atoms with E-state index in [2.05, 4.69) is 0 Å². The number of hydrogen-bond acceptors (Lipinski definition) is 1. The first kappa shape index (κ1) is 11.5. The van der Waals surface area contributed by atoms with Crippen LogP contribution in [0.3, 0.4) is 0 Å². The fourth-order valence-electron chi connectivity index (χ4n) is 1.67. The van der Waals surface area contributed by atoms with Crippen LogP contribution in [-0.2, 0) is 6.42 Å². The van der Waals surface area contributed by atoms with E-state index in [1.54, 1.807) is 12.1 Å². The highest BCUT2D eigenvalue weighted by Crippen LogP contribution is 2.25. The van der Waals surface area contributed by atoms with E-state index in [4.69, 9.17) is 28.9 Å². The van der Waals surface area contributed by atoms with Crippen molar-refractivity contribution in [1.82, 2.24) is 4.57 Å². The maximum absolute atomic E-state index is 6.15. The highest BCUT2D eigenvalue weighted by atomic mass is 35.5. The lowest BCUT2D eigenvalue weighted by atomic mass is 10.2. The molecule has 2 nitrogen and oxygen atoms in total. The van der Waals surface area contributed by atoms with Gasteiger partial charge in [-0.15, -0.1) is 0 Å². The van der Waals surface area contributed by atoms with Crippen LogP contribution in [0.1, 0.15) is 5.69 Å². The standard InChI is InChI=1S/C12H12Cl2N2/c13-9-3-4-11(14)12(8-9)16-7-1-2-10(16)5-6-15/h1-4,7-8H,5-6,15H2. The van der Waals surface area contributed by atoms with Crippen LogP contribution in [-0.4, -0.2) is 11.1 Å². The zero-order chi connectivity index (χ0) is 11.5. The van der Waals surface area contributed by atoms with E-state index >= 15 is 0 Å². The first-order chi connectivity index (χ1) is 7.72. The predicted molar refractivity (Wildman–Crippen MR) is 68.5 cm³/mol. The van der Waals surface area contributed by atoms with Gasteiger partial charge in [0.05, 0.1) is 10.7 Å². The molecule has 0 radical (unpaired) electrons. The van der Waals surface area contributed by atoms with Gasteiger partial charge in [-0.1, -0.05) is 23.2 Å². The minimum absolute atomic E-state index is 0.613. The molecule has 1 heterocycles. The molecule has 0 bridgehead atoms. The largest absolute Gasteiger partial charge is 0.330 e. The summed E-state index contributed by atoms with van der Waals surface area (Å²) in [6, 6.07) is 9.43. The number of benzene rings is 1. The Morgan fingerprint density at radius 3 is 2.75 bits per heavy atom. The Balaban J connectivity index is 2.49. The summed E-state index contributed by atoms with van der Waals surface area (Å²) >= 11 is 12.1. The van der Waals surface area contributed by atoms with Crippen LogP contribution in [0.5, 0.6) is 0 Å². The van der Waals surface area contributed by atoms with Crippen molar-refractivity contribution in [3.05, 3.63) is 52.3 Å². The number of nitrogens with zero attached hydrogens (tertiary/aromatic N) is 1. The molecule has 0 fully saturated rings. The van der Waals surface area contributed by atoms with Crippen LogP contribution in [0.4, 0.5) is 0 Å². The normalized spacial score (nSPS) is 10.7. The Bertz CT molecular complexity index is 492. The van der Waals surface area contributed by atoms with E-state index in [-0.39, 0.29) is 0 Å². The summed E-state index contributed by atoms with van der Waals surface area (Å²) in [6.45, 7) is 0.613. The Labute approximate surface area is 105 Å². The summed E-state index contributed by atoms with van der Waals surface area (Å²) < 4.78 is 2.01. The highest BCUT2D eigenvalue weighted by molar-refractivity contribution is 6.34. The molecule has 0 saturated carbocycles. The molecule has 0 unspecified atom stereocenters. The van der Waals surface area contributed by atoms with Crippen LogP contribution in [0, 0.1) is 0 Å². The van der Waals surface area contributed by atoms with Gasteiger partial charge in [0.25, 0.3) is 0 Å². The topological polar surface area (TPSA) is 30.9 Å². The third-order valence-corrected chi connectivity index (χ3v) is 2.96. The van der Waals surface area contributed by atoms with E-state index in [0.717, 1.165) is 17.8 Å². The summed E-state index contributed by atoms with van der Waals surface area (Å²) in [5.41, 5.74) is 7.58. The lowest BCUT2D eigenvalue weighted by Crippen LogP contribution is -2.07. The first-order valence-electron chi connectivity index (χ1n) is 5.04. The Morgan fingerprint density at radius 2 is 2.00 bits per heavy atom. The molecule has 0 saturated heterocycles. The highest BCUT2D eigenvalue weighted by Gasteiger charge is 2.07. The molecule has 0 spiro atoms. The Morgan fingerprint density at radius 1 is 1.19 bits per heavy atom. The van der Waals surface area contributed by atoms with Gasteiger partial charge in [0, 0.05) is 23.3 Å². The van der Waals surface area contributed by atoms with Crippen LogP contribution >= 0.6 is 23.2 Å². The van der Waals surface area contributed by atoms with E-state index in [1.165, 1.54) is 0 Å². The van der Waals surface area contributed by atoms with Gasteiger partial charge in [0.15, 0.2) is 0 Å². The van der Waals surface area contributed by atoms with Crippen molar-refractivity contribution < 1.29 is 0 Å². The van der Waals surface area contributed by atoms with Gasteiger partial charge < -0.3 is 10.3 Å². The maximum atomic E-state index is 6.15. The lowest BCUT2D eigenvalue weighted by Gasteiger charge is -2.10. The molecule has 0 aliphatic rings. The van der Waals surface area contributed by atoms with Gasteiger partial charge >= 0.3 is 0 Å². The fourth-order valence-corrected chi connectivity index (χ4v) is 2.05. The first-order valence-corrected chi connectivity index (χ1v) is 5.79. The predicted octanol–water partition coefficient (Wildman–Crippen LogP) is 3.29. The molecule has 2 N–H and O–H groups in total. The summed E-state index contributed by atoms with van der Waals surface area (Å²) in [5.74, 6) is 0. The van der Waals surface area contributed by atoms with Crippen molar-refractivity contribution in [1.29, 1.82) is 0 Å². The number of nitrogens with two attached hydrogens (primary N) is 1. The summed E-state index contributed by atoms with van der Waals surface area (Å²) in [4.78, 5) is 0. The molecule has 1 aromatic heterocycles. The molecule has 2 rings (SSSR count). The summed E-state index contributed by atoms with van der Waals surface area (Å²) in [7, 11) is 0. The van der Waals surface area contributed by atoms with Crippen molar-refractivity contribution >= 4 is 23.2 Å². The van der Waals surface area contributed by atoms with Gasteiger partial charge in [-0.05, 0) is 36.9 Å². The van der Waals surface area contributed by atoms with Crippen LogP contribution in [0.2, 0.25) is 10.0 Å². The molecule has 1 aromatic carbocycles. The summed E-state index contributed by atoms with van der Waals surface area (Å²) in [6.07, 6.45) is 2.78. The van der Waals surface area contributed by atoms with E-state index < -0.39 is 0 Å². The second kappa shape index (κ2) is 4.91. The van der Waals surface area contributed by atoms with Gasteiger partial charge in [-0.3, -0.25) is 0 Å². The second-order valence-electron chi connectivity index (χ2n) is 3.50. The summed E-state index contributed by atoms with van der Waals surface area (Å²) in [5, 5.41) is 1.35. The minimum atomic E-state index is 0.613. The number of aromatic nitrogens is 1. The number of halogens is 2. The van der Waals surface area contributed by atoms with Crippen molar-refractivity contribution in [3.8, 4) is 5.69 Å². The SMILES string of the molecule is NCCc1cccn1-c1cc(Cl)ccc1Cl. The molecule has 84 valence electrons. The third-order valence-electron chi connectivity index (χ3n) is 2.40. The van der Waals surface area contributed by atoms with Gasteiger partial charge in [0.2, 0.25) is 0 Å². The van der Waals surface area contributed by atoms with Crippen LogP contribution in [0.15, 0.2) is 36.5 Å². The number of rotatable bonds is 3. The van der Waals surface area contributed by atoms with Crippen molar-refractivity contribution in [2.45, 2.75) is 6.42 Å². The average Bonchev–Trinajstić information content (AvgIpc) is 2.70. The minimum Gasteiger partial charge on any atom is -0.330 e. The fraction of sp³-hybridized carbons (Fsp3) is 0.167. The van der Waals surface area contributed by atoms with Gasteiger partial charge in [0.1, 0.15) is 0 Å². The molecule has 16 heavy (non-hydrogen) atoms. The zero-order valence-electron chi connectivity index (χ0n) is 8.66. The monoisotopic (exact) mass is 254 g/mol. The Hall–Kier alpha value is -0.960. The Kier molecular flexibility index (Phi) is 3.54. The second-order valence-corrected chi connectivity index (χ2v) is 4.35. The molecule has 4 heteroatoms. The van der Waals surface area contributed by atoms with Crippen molar-refractivity contribution in [2.24, 2.45) is 5.73 Å². The molecular weight excluding hydrogens is 243 g/mol.